The Balaban J connectivity index is 2.42. The minimum Gasteiger partial charge on any atom is -0.479 e. The smallest absolute Gasteiger partial charge is 0.334 e. The van der Waals surface area contributed by atoms with Crippen LogP contribution in [0.5, 0.6) is 0 Å². The van der Waals surface area contributed by atoms with Gasteiger partial charge >= 0.3 is 5.97 Å². The number of hydrogen-bond donors (Lipinski definition) is 3. The van der Waals surface area contributed by atoms with Crippen LogP contribution in [-0.4, -0.2) is 58.6 Å². The topological polar surface area (TPSA) is 107 Å². The van der Waals surface area contributed by atoms with Crippen LogP contribution >= 0.6 is 0 Å². The molecule has 18 heavy (non-hydrogen) atoms. The molecule has 1 aliphatic rings. The van der Waals surface area contributed by atoms with Gasteiger partial charge in [-0.1, -0.05) is 0 Å². The van der Waals surface area contributed by atoms with Crippen molar-refractivity contribution in [1.29, 1.82) is 0 Å². The van der Waals surface area contributed by atoms with Crippen LogP contribution in [0.3, 0.4) is 0 Å². The van der Waals surface area contributed by atoms with Crippen molar-refractivity contribution in [3.63, 3.8) is 0 Å². The number of rotatable bonds is 4. The molecular formula is C11H18N2O5. The number of amides is 2. The van der Waals surface area contributed by atoms with Gasteiger partial charge in [0.15, 0.2) is 6.10 Å². The van der Waals surface area contributed by atoms with Gasteiger partial charge in [-0.05, 0) is 12.8 Å². The van der Waals surface area contributed by atoms with Crippen molar-refractivity contribution in [2.24, 2.45) is 5.92 Å². The number of hydrogen-bond acceptors (Lipinski definition) is 4. The lowest BCUT2D eigenvalue weighted by Crippen LogP contribution is -2.46. The van der Waals surface area contributed by atoms with Crippen LogP contribution in [0.15, 0.2) is 0 Å². The average molecular weight is 258 g/mol. The van der Waals surface area contributed by atoms with Gasteiger partial charge in [0.25, 0.3) is 0 Å². The first-order chi connectivity index (χ1) is 8.41. The number of carbonyl (C=O) groups is 3. The first-order valence-electron chi connectivity index (χ1n) is 5.86. The lowest BCUT2D eigenvalue weighted by Gasteiger charge is -2.31. The van der Waals surface area contributed by atoms with Gasteiger partial charge in [0, 0.05) is 20.0 Å². The van der Waals surface area contributed by atoms with E-state index in [1.165, 1.54) is 6.92 Å². The molecule has 1 saturated heterocycles. The quantitative estimate of drug-likeness (QED) is 0.587. The summed E-state index contributed by atoms with van der Waals surface area (Å²) in [6.07, 6.45) is -0.181. The van der Waals surface area contributed by atoms with Crippen molar-refractivity contribution >= 4 is 17.8 Å². The third kappa shape index (κ3) is 3.99. The highest BCUT2D eigenvalue weighted by molar-refractivity contribution is 5.81. The lowest BCUT2D eigenvalue weighted by atomic mass is 9.97. The van der Waals surface area contributed by atoms with Gasteiger partial charge in [-0.25, -0.2) is 4.79 Å². The maximum absolute atomic E-state index is 11.7. The second-order valence-corrected chi connectivity index (χ2v) is 4.40. The molecule has 0 radical (unpaired) electrons. The molecule has 7 heteroatoms. The molecule has 1 aliphatic heterocycles. The number of nitrogens with one attached hydrogen (secondary N) is 1. The highest BCUT2D eigenvalue weighted by Crippen LogP contribution is 2.16. The molecule has 102 valence electrons. The summed E-state index contributed by atoms with van der Waals surface area (Å²) in [4.78, 5) is 34.9. The van der Waals surface area contributed by atoms with Gasteiger partial charge in [0.2, 0.25) is 11.8 Å². The fourth-order valence-corrected chi connectivity index (χ4v) is 1.91. The first kappa shape index (κ1) is 14.4. The number of nitrogens with zero attached hydrogens (tertiary/aromatic N) is 1. The van der Waals surface area contributed by atoms with E-state index < -0.39 is 12.1 Å². The van der Waals surface area contributed by atoms with E-state index in [1.54, 1.807) is 4.90 Å². The van der Waals surface area contributed by atoms with Crippen molar-refractivity contribution in [3.05, 3.63) is 0 Å². The van der Waals surface area contributed by atoms with Gasteiger partial charge in [-0.2, -0.15) is 0 Å². The van der Waals surface area contributed by atoms with E-state index in [9.17, 15) is 14.4 Å². The Morgan fingerprint density at radius 1 is 1.44 bits per heavy atom. The molecule has 0 saturated carbocycles. The summed E-state index contributed by atoms with van der Waals surface area (Å²) in [7, 11) is 0. The van der Waals surface area contributed by atoms with Crippen LogP contribution in [0, 0.1) is 5.92 Å². The van der Waals surface area contributed by atoms with Gasteiger partial charge in [0.05, 0.1) is 12.5 Å². The average Bonchev–Trinajstić information content (AvgIpc) is 2.35. The van der Waals surface area contributed by atoms with Gasteiger partial charge in [-0.3, -0.25) is 9.59 Å². The standard InChI is InChI=1S/C11H18N2O5/c1-7(14)13-4-2-3-8(6-13)10(16)12-5-9(15)11(17)18/h8-9,15H,2-6H2,1H3,(H,12,16)(H,17,18)/t8?,9-/m0/s1. The van der Waals surface area contributed by atoms with Gasteiger partial charge in [0.1, 0.15) is 0 Å². The minimum absolute atomic E-state index is 0.0712. The second-order valence-electron chi connectivity index (χ2n) is 4.40. The molecule has 0 aliphatic carbocycles. The molecule has 0 aromatic heterocycles. The van der Waals surface area contributed by atoms with Crippen LogP contribution in [0.25, 0.3) is 0 Å². The molecule has 2 atom stereocenters. The van der Waals surface area contributed by atoms with Crippen molar-refractivity contribution in [1.82, 2.24) is 10.2 Å². The van der Waals surface area contributed by atoms with E-state index in [2.05, 4.69) is 5.32 Å². The molecule has 2 amide bonds. The zero-order valence-electron chi connectivity index (χ0n) is 10.3. The zero-order valence-corrected chi connectivity index (χ0v) is 10.3. The Bertz CT molecular complexity index is 344. The molecule has 1 heterocycles. The molecule has 1 unspecified atom stereocenters. The molecule has 0 bridgehead atoms. The molecule has 7 nitrogen and oxygen atoms in total. The van der Waals surface area contributed by atoms with E-state index in [1.807, 2.05) is 0 Å². The normalized spacial score (nSPS) is 21.2. The Hall–Kier alpha value is -1.63. The predicted octanol–water partition coefficient (Wildman–Crippen LogP) is -1.19. The fraction of sp³-hybridized carbons (Fsp3) is 0.727. The van der Waals surface area contributed by atoms with Crippen LogP contribution < -0.4 is 5.32 Å². The van der Waals surface area contributed by atoms with Crippen molar-refractivity contribution < 1.29 is 24.6 Å². The Kier molecular flexibility index (Phi) is 5.08. The summed E-state index contributed by atoms with van der Waals surface area (Å²) in [6, 6.07) is 0. The summed E-state index contributed by atoms with van der Waals surface area (Å²) in [6.45, 7) is 2.14. The first-order valence-corrected chi connectivity index (χ1v) is 5.86. The summed E-state index contributed by atoms with van der Waals surface area (Å²) >= 11 is 0. The second kappa shape index (κ2) is 6.34. The molecule has 0 spiro atoms. The van der Waals surface area contributed by atoms with Crippen molar-refractivity contribution in [2.75, 3.05) is 19.6 Å². The van der Waals surface area contributed by atoms with Crippen LogP contribution in [0.2, 0.25) is 0 Å². The maximum atomic E-state index is 11.7. The van der Waals surface area contributed by atoms with Gasteiger partial charge in [-0.15, -0.1) is 0 Å². The Labute approximate surface area is 105 Å². The third-order valence-electron chi connectivity index (χ3n) is 2.99. The molecule has 0 aromatic rings. The zero-order chi connectivity index (χ0) is 13.7. The maximum Gasteiger partial charge on any atom is 0.334 e. The van der Waals surface area contributed by atoms with Crippen molar-refractivity contribution in [2.45, 2.75) is 25.9 Å². The fourth-order valence-electron chi connectivity index (χ4n) is 1.91. The Morgan fingerprint density at radius 2 is 2.11 bits per heavy atom. The summed E-state index contributed by atoms with van der Waals surface area (Å²) < 4.78 is 0. The third-order valence-corrected chi connectivity index (χ3v) is 2.99. The van der Waals surface area contributed by atoms with Crippen LogP contribution in [0.4, 0.5) is 0 Å². The molecular weight excluding hydrogens is 240 g/mol. The number of aliphatic hydroxyl groups excluding tert-OH is 1. The SMILES string of the molecule is CC(=O)N1CCCC(C(=O)NC[C@H](O)C(=O)O)C1. The molecule has 1 fully saturated rings. The predicted molar refractivity (Wildman–Crippen MR) is 61.6 cm³/mol. The monoisotopic (exact) mass is 258 g/mol. The van der Waals surface area contributed by atoms with Crippen molar-refractivity contribution in [3.8, 4) is 0 Å². The Morgan fingerprint density at radius 3 is 2.67 bits per heavy atom. The highest BCUT2D eigenvalue weighted by atomic mass is 16.4. The van der Waals surface area contributed by atoms with E-state index in [0.717, 1.165) is 6.42 Å². The van der Waals surface area contributed by atoms with Crippen LogP contribution in [0.1, 0.15) is 19.8 Å². The number of aliphatic hydroxyl groups is 1. The summed E-state index contributed by atoms with van der Waals surface area (Å²) in [5.74, 6) is -2.09. The number of piperidine rings is 1. The number of carboxylic acid groups (broad SMARTS) is 1. The summed E-state index contributed by atoms with van der Waals surface area (Å²) in [5.41, 5.74) is 0. The number of carboxylic acids is 1. The molecule has 3 N–H and O–H groups in total. The van der Waals surface area contributed by atoms with E-state index in [-0.39, 0.29) is 24.3 Å². The van der Waals surface area contributed by atoms with Gasteiger partial charge < -0.3 is 20.4 Å². The minimum atomic E-state index is -1.60. The lowest BCUT2D eigenvalue weighted by molar-refractivity contribution is -0.146. The summed E-state index contributed by atoms with van der Waals surface area (Å²) in [5, 5.41) is 19.9. The number of likely N-dealkylation sites (tertiary alicyclic amines) is 1. The van der Waals surface area contributed by atoms with Crippen LogP contribution in [-0.2, 0) is 14.4 Å². The number of carbonyl (C=O) groups excluding carboxylic acids is 2. The number of aliphatic carboxylic acids is 1. The van der Waals surface area contributed by atoms with E-state index in [4.69, 9.17) is 10.2 Å². The largest absolute Gasteiger partial charge is 0.479 e. The van der Waals surface area contributed by atoms with E-state index >= 15 is 0 Å². The molecule has 1 rings (SSSR count). The van der Waals surface area contributed by atoms with E-state index in [0.29, 0.717) is 19.5 Å². The highest BCUT2D eigenvalue weighted by Gasteiger charge is 2.27. The molecule has 0 aromatic carbocycles.